The first kappa shape index (κ1) is 10.4. The van der Waals surface area contributed by atoms with Gasteiger partial charge in [0.25, 0.3) is 5.88 Å². The molecule has 0 atom stereocenters. The molecule has 1 rings (SSSR count). The third-order valence-electron chi connectivity index (χ3n) is 1.43. The highest BCUT2D eigenvalue weighted by molar-refractivity contribution is 5.88. The van der Waals surface area contributed by atoms with E-state index >= 15 is 0 Å². The van der Waals surface area contributed by atoms with Gasteiger partial charge >= 0.3 is 5.97 Å². The van der Waals surface area contributed by atoms with E-state index in [0.717, 1.165) is 6.07 Å². The number of nitrogens with zero attached hydrogens (tertiary/aromatic N) is 1. The molecule has 1 aromatic rings. The minimum absolute atomic E-state index is 0.249. The summed E-state index contributed by atoms with van der Waals surface area (Å²) in [6, 6.07) is 1.09. The fraction of sp³-hybridized carbons (Fsp3) is 0.333. The maximum atomic E-state index is 13.3. The summed E-state index contributed by atoms with van der Waals surface area (Å²) in [4.78, 5) is 14.1. The van der Waals surface area contributed by atoms with E-state index in [0.29, 0.717) is 0 Å². The summed E-state index contributed by atoms with van der Waals surface area (Å²) in [5, 5.41) is 8.60. The summed E-state index contributed by atoms with van der Waals surface area (Å²) in [7, 11) is 0. The van der Waals surface area contributed by atoms with E-state index in [1.54, 1.807) is 13.8 Å². The van der Waals surface area contributed by atoms with Crippen molar-refractivity contribution >= 4 is 5.97 Å². The van der Waals surface area contributed by atoms with E-state index in [-0.39, 0.29) is 12.0 Å². The van der Waals surface area contributed by atoms with Gasteiger partial charge in [-0.3, -0.25) is 0 Å². The van der Waals surface area contributed by atoms with Crippen LogP contribution in [0.2, 0.25) is 0 Å². The zero-order valence-corrected chi connectivity index (χ0v) is 7.82. The Morgan fingerprint density at radius 2 is 2.29 bits per heavy atom. The number of pyridine rings is 1. The van der Waals surface area contributed by atoms with Gasteiger partial charge in [-0.05, 0) is 19.9 Å². The number of aromatic carboxylic acids is 1. The van der Waals surface area contributed by atoms with Crippen LogP contribution in [0, 0.1) is 5.82 Å². The van der Waals surface area contributed by atoms with Crippen molar-refractivity contribution in [2.24, 2.45) is 0 Å². The molecule has 0 aromatic carbocycles. The topological polar surface area (TPSA) is 59.4 Å². The summed E-state index contributed by atoms with van der Waals surface area (Å²) in [5.41, 5.74) is -0.435. The Bertz CT molecular complexity index is 352. The maximum absolute atomic E-state index is 13.3. The fourth-order valence-electron chi connectivity index (χ4n) is 0.895. The lowest BCUT2D eigenvalue weighted by Gasteiger charge is -2.09. The van der Waals surface area contributed by atoms with Crippen molar-refractivity contribution in [1.82, 2.24) is 4.98 Å². The predicted octanol–water partition coefficient (Wildman–Crippen LogP) is 1.71. The summed E-state index contributed by atoms with van der Waals surface area (Å²) in [5.74, 6) is -2.55. The lowest BCUT2D eigenvalue weighted by atomic mass is 10.2. The molecule has 0 saturated heterocycles. The molecular weight excluding hydrogens is 189 g/mol. The summed E-state index contributed by atoms with van der Waals surface area (Å²) in [6.07, 6.45) is 0.950. The summed E-state index contributed by atoms with van der Waals surface area (Å²) in [6.45, 7) is 3.41. The standard InChI is InChI=1S/C9H10FNO3/c1-5(2)14-8-7(10)6(9(12)13)3-4-11-8/h3-5H,1-2H3,(H,12,13). The Morgan fingerprint density at radius 3 is 2.79 bits per heavy atom. The molecule has 1 heterocycles. The van der Waals surface area contributed by atoms with E-state index in [2.05, 4.69) is 4.98 Å². The van der Waals surface area contributed by atoms with Gasteiger partial charge < -0.3 is 9.84 Å². The number of aromatic nitrogens is 1. The zero-order chi connectivity index (χ0) is 10.7. The quantitative estimate of drug-likeness (QED) is 0.804. The smallest absolute Gasteiger partial charge is 0.338 e. The first-order valence-electron chi connectivity index (χ1n) is 4.07. The minimum atomic E-state index is -1.33. The van der Waals surface area contributed by atoms with Crippen molar-refractivity contribution in [3.8, 4) is 5.88 Å². The zero-order valence-electron chi connectivity index (χ0n) is 7.82. The average Bonchev–Trinajstić information content (AvgIpc) is 2.07. The van der Waals surface area contributed by atoms with Gasteiger partial charge in [-0.15, -0.1) is 0 Å². The number of rotatable bonds is 3. The van der Waals surface area contributed by atoms with E-state index < -0.39 is 17.3 Å². The van der Waals surface area contributed by atoms with Gasteiger partial charge in [0.1, 0.15) is 5.56 Å². The number of carbonyl (C=O) groups is 1. The van der Waals surface area contributed by atoms with Crippen molar-refractivity contribution < 1.29 is 19.0 Å². The van der Waals surface area contributed by atoms with Crippen molar-refractivity contribution in [2.45, 2.75) is 20.0 Å². The molecule has 0 bridgehead atoms. The Balaban J connectivity index is 3.07. The second kappa shape index (κ2) is 4.04. The third kappa shape index (κ3) is 2.18. The molecule has 0 aliphatic heterocycles. The molecule has 0 spiro atoms. The van der Waals surface area contributed by atoms with Crippen LogP contribution in [0.15, 0.2) is 12.3 Å². The Hall–Kier alpha value is -1.65. The van der Waals surface area contributed by atoms with Gasteiger partial charge in [0.2, 0.25) is 0 Å². The normalized spacial score (nSPS) is 10.3. The summed E-state index contributed by atoms with van der Waals surface area (Å²) < 4.78 is 18.3. The highest BCUT2D eigenvalue weighted by Gasteiger charge is 2.16. The molecule has 0 fully saturated rings. The molecule has 0 saturated carbocycles. The molecule has 14 heavy (non-hydrogen) atoms. The van der Waals surface area contributed by atoms with E-state index in [1.165, 1.54) is 6.20 Å². The lowest BCUT2D eigenvalue weighted by Crippen LogP contribution is -2.11. The maximum Gasteiger partial charge on any atom is 0.338 e. The van der Waals surface area contributed by atoms with Gasteiger partial charge in [-0.25, -0.2) is 14.2 Å². The number of carboxylic acid groups (broad SMARTS) is 1. The third-order valence-corrected chi connectivity index (χ3v) is 1.43. The Morgan fingerprint density at radius 1 is 1.64 bits per heavy atom. The van der Waals surface area contributed by atoms with Crippen molar-refractivity contribution in [3.63, 3.8) is 0 Å². The van der Waals surface area contributed by atoms with Gasteiger partial charge in [0.15, 0.2) is 5.82 Å². The Labute approximate surface area is 80.3 Å². The summed E-state index contributed by atoms with van der Waals surface area (Å²) >= 11 is 0. The van der Waals surface area contributed by atoms with Gasteiger partial charge in [-0.2, -0.15) is 0 Å². The van der Waals surface area contributed by atoms with Crippen LogP contribution in [0.1, 0.15) is 24.2 Å². The molecule has 5 heteroatoms. The van der Waals surface area contributed by atoms with Crippen LogP contribution in [-0.2, 0) is 0 Å². The molecule has 0 amide bonds. The van der Waals surface area contributed by atoms with E-state index in [1.807, 2.05) is 0 Å². The molecule has 76 valence electrons. The van der Waals surface area contributed by atoms with Crippen LogP contribution in [0.5, 0.6) is 5.88 Å². The Kier molecular flexibility index (Phi) is 3.01. The first-order chi connectivity index (χ1) is 6.52. The van der Waals surface area contributed by atoms with Crippen LogP contribution in [0.25, 0.3) is 0 Å². The molecule has 0 aliphatic rings. The molecule has 0 radical (unpaired) electrons. The molecule has 0 unspecified atom stereocenters. The van der Waals surface area contributed by atoms with Crippen LogP contribution < -0.4 is 4.74 Å². The number of hydrogen-bond donors (Lipinski definition) is 1. The van der Waals surface area contributed by atoms with Gasteiger partial charge in [0, 0.05) is 6.20 Å². The predicted molar refractivity (Wildman–Crippen MR) is 46.9 cm³/mol. The molecular formula is C9H10FNO3. The second-order valence-corrected chi connectivity index (χ2v) is 2.95. The molecule has 0 aliphatic carbocycles. The number of halogens is 1. The second-order valence-electron chi connectivity index (χ2n) is 2.95. The van der Waals surface area contributed by atoms with Crippen LogP contribution in [-0.4, -0.2) is 22.2 Å². The SMILES string of the molecule is CC(C)Oc1nccc(C(=O)O)c1F. The number of ether oxygens (including phenoxy) is 1. The van der Waals surface area contributed by atoms with Crippen LogP contribution >= 0.6 is 0 Å². The van der Waals surface area contributed by atoms with Crippen molar-refractivity contribution in [2.75, 3.05) is 0 Å². The number of carboxylic acids is 1. The lowest BCUT2D eigenvalue weighted by molar-refractivity contribution is 0.0689. The molecule has 4 nitrogen and oxygen atoms in total. The monoisotopic (exact) mass is 199 g/mol. The van der Waals surface area contributed by atoms with Gasteiger partial charge in [-0.1, -0.05) is 0 Å². The van der Waals surface area contributed by atoms with Crippen molar-refractivity contribution in [3.05, 3.63) is 23.6 Å². The highest BCUT2D eigenvalue weighted by atomic mass is 19.1. The van der Waals surface area contributed by atoms with E-state index in [4.69, 9.17) is 9.84 Å². The minimum Gasteiger partial charge on any atom is -0.478 e. The van der Waals surface area contributed by atoms with Crippen LogP contribution in [0.3, 0.4) is 0 Å². The highest BCUT2D eigenvalue weighted by Crippen LogP contribution is 2.18. The molecule has 1 aromatic heterocycles. The number of hydrogen-bond acceptors (Lipinski definition) is 3. The fourth-order valence-corrected chi connectivity index (χ4v) is 0.895. The molecule has 1 N–H and O–H groups in total. The first-order valence-corrected chi connectivity index (χ1v) is 4.07. The van der Waals surface area contributed by atoms with E-state index in [9.17, 15) is 9.18 Å². The van der Waals surface area contributed by atoms with Crippen molar-refractivity contribution in [1.29, 1.82) is 0 Å². The largest absolute Gasteiger partial charge is 0.478 e. The van der Waals surface area contributed by atoms with Crippen LogP contribution in [0.4, 0.5) is 4.39 Å². The average molecular weight is 199 g/mol. The van der Waals surface area contributed by atoms with Gasteiger partial charge in [0.05, 0.1) is 6.10 Å².